The minimum Gasteiger partial charge on any atom is -0.478 e. The predicted octanol–water partition coefficient (Wildman–Crippen LogP) is 0.784. The average molecular weight is 333 g/mol. The van der Waals surface area contributed by atoms with Crippen LogP contribution in [-0.2, 0) is 4.79 Å². The molecule has 1 atom stereocenters. The molecule has 0 unspecified atom stereocenters. The zero-order valence-electron chi connectivity index (χ0n) is 14.9. The van der Waals surface area contributed by atoms with E-state index in [0.717, 1.165) is 51.4 Å². The number of nitrogens with zero attached hydrogens (tertiary/aromatic N) is 5. The molecule has 0 spiro atoms. The molecule has 0 aromatic carbocycles. The van der Waals surface area contributed by atoms with Crippen molar-refractivity contribution in [3.05, 3.63) is 11.8 Å². The van der Waals surface area contributed by atoms with Gasteiger partial charge in [0.25, 0.3) is 0 Å². The quantitative estimate of drug-likeness (QED) is 0.812. The van der Waals surface area contributed by atoms with Gasteiger partial charge in [-0.3, -0.25) is 4.79 Å². The second-order valence-electron chi connectivity index (χ2n) is 6.64. The Bertz CT molecular complexity index is 586. The van der Waals surface area contributed by atoms with Gasteiger partial charge >= 0.3 is 0 Å². The van der Waals surface area contributed by atoms with Crippen molar-refractivity contribution in [2.75, 3.05) is 57.8 Å². The summed E-state index contributed by atoms with van der Waals surface area (Å²) in [5.41, 5.74) is 0.899. The number of hydrogen-bond acceptors (Lipinski definition) is 6. The normalized spacial score (nSPS) is 22.0. The van der Waals surface area contributed by atoms with E-state index in [0.29, 0.717) is 24.3 Å². The molecule has 0 N–H and O–H groups in total. The van der Waals surface area contributed by atoms with E-state index in [1.54, 1.807) is 0 Å². The molecular formula is C17H27N5O2. The van der Waals surface area contributed by atoms with Crippen molar-refractivity contribution < 1.29 is 9.53 Å². The van der Waals surface area contributed by atoms with Crippen molar-refractivity contribution in [1.29, 1.82) is 0 Å². The zero-order valence-corrected chi connectivity index (χ0v) is 14.9. The molecule has 0 saturated carbocycles. The number of likely N-dealkylation sites (tertiary alicyclic amines) is 1. The van der Waals surface area contributed by atoms with Crippen molar-refractivity contribution in [3.63, 3.8) is 0 Å². The number of amides is 1. The highest BCUT2D eigenvalue weighted by atomic mass is 16.5. The van der Waals surface area contributed by atoms with Crippen LogP contribution < -0.4 is 9.64 Å². The second-order valence-corrected chi connectivity index (χ2v) is 6.64. The number of hydrogen-bond donors (Lipinski definition) is 0. The Morgan fingerprint density at radius 1 is 1.25 bits per heavy atom. The lowest BCUT2D eigenvalue weighted by Crippen LogP contribution is -2.51. The van der Waals surface area contributed by atoms with Crippen molar-refractivity contribution in [2.45, 2.75) is 20.3 Å². The number of anilines is 1. The molecule has 1 aromatic rings. The molecule has 132 valence electrons. The molecule has 0 radical (unpaired) electrons. The Labute approximate surface area is 143 Å². The van der Waals surface area contributed by atoms with Crippen LogP contribution in [0.15, 0.2) is 6.07 Å². The molecule has 1 aromatic heterocycles. The molecule has 2 fully saturated rings. The van der Waals surface area contributed by atoms with Crippen LogP contribution in [0.5, 0.6) is 5.88 Å². The fraction of sp³-hybridized carbons (Fsp3) is 0.706. The maximum Gasteiger partial charge on any atom is 0.228 e. The van der Waals surface area contributed by atoms with Gasteiger partial charge in [-0.2, -0.15) is 4.98 Å². The third-order valence-electron chi connectivity index (χ3n) is 4.73. The van der Waals surface area contributed by atoms with Gasteiger partial charge in [0.05, 0.1) is 12.5 Å². The first-order valence-electron chi connectivity index (χ1n) is 8.77. The largest absolute Gasteiger partial charge is 0.478 e. The zero-order chi connectivity index (χ0) is 17.1. The van der Waals surface area contributed by atoms with E-state index >= 15 is 0 Å². The number of aryl methyl sites for hydroxylation is 1. The maximum absolute atomic E-state index is 12.6. The topological polar surface area (TPSA) is 61.8 Å². The van der Waals surface area contributed by atoms with Crippen LogP contribution in [0.3, 0.4) is 0 Å². The number of ether oxygens (including phenoxy) is 1. The molecule has 7 nitrogen and oxygen atoms in total. The van der Waals surface area contributed by atoms with E-state index in [1.807, 2.05) is 24.8 Å². The third-order valence-corrected chi connectivity index (χ3v) is 4.73. The van der Waals surface area contributed by atoms with Crippen molar-refractivity contribution in [3.8, 4) is 5.88 Å². The van der Waals surface area contributed by atoms with E-state index in [1.165, 1.54) is 0 Å². The number of rotatable bonds is 4. The summed E-state index contributed by atoms with van der Waals surface area (Å²) >= 11 is 0. The summed E-state index contributed by atoms with van der Waals surface area (Å²) in [5, 5.41) is 0. The molecule has 1 amide bonds. The summed E-state index contributed by atoms with van der Waals surface area (Å²) in [6.45, 7) is 9.40. The molecule has 2 aliphatic heterocycles. The molecular weight excluding hydrogens is 306 g/mol. The maximum atomic E-state index is 12.6. The van der Waals surface area contributed by atoms with Crippen LogP contribution >= 0.6 is 0 Å². The van der Waals surface area contributed by atoms with Crippen molar-refractivity contribution >= 4 is 11.9 Å². The number of piperazine rings is 1. The van der Waals surface area contributed by atoms with Crippen molar-refractivity contribution in [1.82, 2.24) is 19.8 Å². The third kappa shape index (κ3) is 3.77. The fourth-order valence-electron chi connectivity index (χ4n) is 3.41. The van der Waals surface area contributed by atoms with E-state index < -0.39 is 0 Å². The molecule has 24 heavy (non-hydrogen) atoms. The Morgan fingerprint density at radius 2 is 2.00 bits per heavy atom. The SMILES string of the molecule is CCOc1cc(C)nc(N2CCN(C(=O)[C@H]3CCN(C)C3)CC2)n1. The van der Waals surface area contributed by atoms with Crippen LogP contribution in [0, 0.1) is 12.8 Å². The van der Waals surface area contributed by atoms with Gasteiger partial charge in [0.2, 0.25) is 17.7 Å². The molecule has 2 saturated heterocycles. The van der Waals surface area contributed by atoms with Gasteiger partial charge < -0.3 is 19.4 Å². The van der Waals surface area contributed by atoms with E-state index in [-0.39, 0.29) is 5.92 Å². The summed E-state index contributed by atoms with van der Waals surface area (Å²) in [6, 6.07) is 1.85. The van der Waals surface area contributed by atoms with Crippen LogP contribution in [-0.4, -0.2) is 78.6 Å². The highest BCUT2D eigenvalue weighted by Gasteiger charge is 2.31. The molecule has 0 bridgehead atoms. The number of aromatic nitrogens is 2. The van der Waals surface area contributed by atoms with Gasteiger partial charge in [-0.1, -0.05) is 0 Å². The summed E-state index contributed by atoms with van der Waals surface area (Å²) in [5.74, 6) is 1.79. The highest BCUT2D eigenvalue weighted by molar-refractivity contribution is 5.79. The smallest absolute Gasteiger partial charge is 0.228 e. The molecule has 3 rings (SSSR count). The van der Waals surface area contributed by atoms with Gasteiger partial charge in [0.1, 0.15) is 0 Å². The predicted molar refractivity (Wildman–Crippen MR) is 92.3 cm³/mol. The lowest BCUT2D eigenvalue weighted by molar-refractivity contribution is -0.135. The van der Waals surface area contributed by atoms with Gasteiger partial charge in [-0.25, -0.2) is 4.98 Å². The molecule has 7 heteroatoms. The standard InChI is InChI=1S/C17H27N5O2/c1-4-24-15-11-13(2)18-17(19-15)22-9-7-21(8-10-22)16(23)14-5-6-20(3)12-14/h11,14H,4-10,12H2,1-3H3/t14-/m0/s1. The summed E-state index contributed by atoms with van der Waals surface area (Å²) in [6.07, 6.45) is 0.980. The van der Waals surface area contributed by atoms with Crippen LogP contribution in [0.2, 0.25) is 0 Å². The number of carbonyl (C=O) groups excluding carboxylic acids is 1. The van der Waals surface area contributed by atoms with Gasteiger partial charge in [-0.05, 0) is 33.9 Å². The Hall–Kier alpha value is -1.89. The Balaban J connectivity index is 1.60. The minimum atomic E-state index is 0.168. The second kappa shape index (κ2) is 7.34. The first kappa shape index (κ1) is 17.0. The van der Waals surface area contributed by atoms with E-state index in [9.17, 15) is 4.79 Å². The highest BCUT2D eigenvalue weighted by Crippen LogP contribution is 2.20. The minimum absolute atomic E-state index is 0.168. The molecule has 3 heterocycles. The van der Waals surface area contributed by atoms with Crippen molar-refractivity contribution in [2.24, 2.45) is 5.92 Å². The van der Waals surface area contributed by atoms with Crippen LogP contribution in [0.1, 0.15) is 19.0 Å². The summed E-state index contributed by atoms with van der Waals surface area (Å²) < 4.78 is 5.51. The van der Waals surface area contributed by atoms with Gasteiger partial charge in [0, 0.05) is 44.5 Å². The Morgan fingerprint density at radius 3 is 2.62 bits per heavy atom. The first-order chi connectivity index (χ1) is 11.6. The number of carbonyl (C=O) groups is 1. The first-order valence-corrected chi connectivity index (χ1v) is 8.77. The van der Waals surface area contributed by atoms with Gasteiger partial charge in [-0.15, -0.1) is 0 Å². The van der Waals surface area contributed by atoms with Gasteiger partial charge in [0.15, 0.2) is 0 Å². The average Bonchev–Trinajstić information content (AvgIpc) is 3.00. The molecule has 0 aliphatic carbocycles. The summed E-state index contributed by atoms with van der Waals surface area (Å²) in [4.78, 5) is 28.0. The summed E-state index contributed by atoms with van der Waals surface area (Å²) in [7, 11) is 2.08. The monoisotopic (exact) mass is 333 g/mol. The molecule has 2 aliphatic rings. The van der Waals surface area contributed by atoms with E-state index in [2.05, 4.69) is 26.8 Å². The lowest BCUT2D eigenvalue weighted by Gasteiger charge is -2.36. The Kier molecular flexibility index (Phi) is 5.18. The fourth-order valence-corrected chi connectivity index (χ4v) is 3.41. The van der Waals surface area contributed by atoms with Crippen LogP contribution in [0.4, 0.5) is 5.95 Å². The lowest BCUT2D eigenvalue weighted by atomic mass is 10.1. The van der Waals surface area contributed by atoms with E-state index in [4.69, 9.17) is 4.74 Å². The van der Waals surface area contributed by atoms with Crippen LogP contribution in [0.25, 0.3) is 0 Å².